The van der Waals surface area contributed by atoms with Crippen molar-refractivity contribution < 1.29 is 28.6 Å². The number of amides is 1. The normalized spacial score (nSPS) is 15.6. The Balaban J connectivity index is 1.55. The Hall–Kier alpha value is -3.82. The van der Waals surface area contributed by atoms with Crippen LogP contribution in [0.3, 0.4) is 0 Å². The zero-order valence-corrected chi connectivity index (χ0v) is 20.8. The number of aliphatic imine (C=N–C) groups is 1. The number of carbonyl (C=O) groups excluding carboxylic acids is 1. The molecule has 0 unspecified atom stereocenters. The zero-order valence-electron chi connectivity index (χ0n) is 19.2. The van der Waals surface area contributed by atoms with E-state index in [0.717, 1.165) is 5.56 Å². The van der Waals surface area contributed by atoms with Gasteiger partial charge >= 0.3 is 5.97 Å². The molecule has 3 aromatic rings. The molecule has 1 aliphatic rings. The molecule has 10 heteroatoms. The molecule has 0 aliphatic carbocycles. The summed E-state index contributed by atoms with van der Waals surface area (Å²) in [5.41, 5.74) is 2.07. The van der Waals surface area contributed by atoms with Crippen LogP contribution in [0.2, 0.25) is 5.02 Å². The number of carboxylic acid groups (broad SMARTS) is 1. The van der Waals surface area contributed by atoms with Crippen LogP contribution in [-0.2, 0) is 11.4 Å². The number of halogens is 2. The Bertz CT molecular complexity index is 1370. The average molecular weight is 527 g/mol. The maximum atomic E-state index is 13.1. The van der Waals surface area contributed by atoms with E-state index in [1.54, 1.807) is 49.5 Å². The number of carbonyl (C=O) groups is 2. The van der Waals surface area contributed by atoms with Gasteiger partial charge in [0.05, 0.1) is 28.3 Å². The molecule has 0 bridgehead atoms. The van der Waals surface area contributed by atoms with E-state index in [1.807, 2.05) is 0 Å². The largest absolute Gasteiger partial charge is 0.493 e. The third kappa shape index (κ3) is 5.69. The number of amidine groups is 1. The lowest BCUT2D eigenvalue weighted by Gasteiger charge is -2.13. The highest BCUT2D eigenvalue weighted by atomic mass is 35.5. The van der Waals surface area contributed by atoms with Crippen molar-refractivity contribution in [2.24, 2.45) is 4.99 Å². The summed E-state index contributed by atoms with van der Waals surface area (Å²) in [5.74, 6) is -0.885. The number of benzene rings is 3. The molecule has 1 aliphatic heterocycles. The molecule has 1 fully saturated rings. The van der Waals surface area contributed by atoms with Gasteiger partial charge in [0.1, 0.15) is 12.4 Å². The third-order valence-corrected chi connectivity index (χ3v) is 6.53. The standard InChI is InChI=1S/C26H20ClFN2O5S/c1-30-24(31)22(36-26(30)29-19-9-5-17(6-10-19)25(32)33)13-16-11-20(27)23(21(12-16)34-2)35-14-15-3-7-18(28)8-4-15/h3-13H,14H2,1-2H3,(H,32,33). The zero-order chi connectivity index (χ0) is 25.8. The summed E-state index contributed by atoms with van der Waals surface area (Å²) in [6, 6.07) is 15.4. The summed E-state index contributed by atoms with van der Waals surface area (Å²) in [6.45, 7) is 0.170. The Labute approximate surface area is 215 Å². The number of rotatable bonds is 7. The summed E-state index contributed by atoms with van der Waals surface area (Å²) in [5, 5.41) is 9.78. The molecular weight excluding hydrogens is 507 g/mol. The molecule has 1 heterocycles. The molecule has 0 atom stereocenters. The Morgan fingerprint density at radius 2 is 1.86 bits per heavy atom. The minimum Gasteiger partial charge on any atom is -0.493 e. The van der Waals surface area contributed by atoms with Gasteiger partial charge in [-0.25, -0.2) is 14.2 Å². The Kier molecular flexibility index (Phi) is 7.61. The second kappa shape index (κ2) is 10.8. The van der Waals surface area contributed by atoms with E-state index >= 15 is 0 Å². The van der Waals surface area contributed by atoms with Crippen LogP contribution in [-0.4, -0.2) is 41.2 Å². The molecule has 0 spiro atoms. The molecule has 0 radical (unpaired) electrons. The molecule has 3 aromatic carbocycles. The summed E-state index contributed by atoms with van der Waals surface area (Å²) >= 11 is 7.65. The van der Waals surface area contributed by atoms with Gasteiger partial charge in [-0.1, -0.05) is 23.7 Å². The molecule has 36 heavy (non-hydrogen) atoms. The SMILES string of the molecule is COc1cc(C=C2SC(=Nc3ccc(C(=O)O)cc3)N(C)C2=O)cc(Cl)c1OCc1ccc(F)cc1. The van der Waals surface area contributed by atoms with Crippen molar-refractivity contribution in [3.8, 4) is 11.5 Å². The fourth-order valence-corrected chi connectivity index (χ4v) is 4.55. The molecule has 1 saturated heterocycles. The number of likely N-dealkylation sites (N-methyl/N-ethyl adjacent to an activating group) is 1. The third-order valence-electron chi connectivity index (χ3n) is 5.19. The highest BCUT2D eigenvalue weighted by molar-refractivity contribution is 8.18. The predicted octanol–water partition coefficient (Wildman–Crippen LogP) is 6.00. The minimum absolute atomic E-state index is 0.152. The quantitative estimate of drug-likeness (QED) is 0.380. The van der Waals surface area contributed by atoms with Crippen LogP contribution in [0.1, 0.15) is 21.5 Å². The van der Waals surface area contributed by atoms with Crippen molar-refractivity contribution in [1.82, 2.24) is 4.90 Å². The average Bonchev–Trinajstić information content (AvgIpc) is 3.12. The van der Waals surface area contributed by atoms with Crippen molar-refractivity contribution in [2.45, 2.75) is 6.61 Å². The van der Waals surface area contributed by atoms with Gasteiger partial charge in [0, 0.05) is 7.05 Å². The number of ether oxygens (including phenoxy) is 2. The number of carboxylic acids is 1. The topological polar surface area (TPSA) is 88.4 Å². The fourth-order valence-electron chi connectivity index (χ4n) is 3.29. The first-order valence-corrected chi connectivity index (χ1v) is 11.8. The number of methoxy groups -OCH3 is 1. The van der Waals surface area contributed by atoms with Crippen LogP contribution >= 0.6 is 23.4 Å². The maximum Gasteiger partial charge on any atom is 0.335 e. The number of thioether (sulfide) groups is 1. The highest BCUT2D eigenvalue weighted by Crippen LogP contribution is 2.39. The molecule has 7 nitrogen and oxygen atoms in total. The summed E-state index contributed by atoms with van der Waals surface area (Å²) in [7, 11) is 3.09. The van der Waals surface area contributed by atoms with Crippen LogP contribution < -0.4 is 9.47 Å². The number of hydrogen-bond acceptors (Lipinski definition) is 6. The van der Waals surface area contributed by atoms with Gasteiger partial charge in [0.25, 0.3) is 5.91 Å². The van der Waals surface area contributed by atoms with E-state index in [2.05, 4.69) is 4.99 Å². The lowest BCUT2D eigenvalue weighted by Crippen LogP contribution is -2.23. The monoisotopic (exact) mass is 526 g/mol. The van der Waals surface area contributed by atoms with Crippen LogP contribution in [0.5, 0.6) is 11.5 Å². The molecule has 1 N–H and O–H groups in total. The Morgan fingerprint density at radius 3 is 2.50 bits per heavy atom. The lowest BCUT2D eigenvalue weighted by atomic mass is 10.1. The molecule has 0 saturated carbocycles. The van der Waals surface area contributed by atoms with E-state index in [1.165, 1.54) is 48.0 Å². The Morgan fingerprint density at radius 1 is 1.17 bits per heavy atom. The van der Waals surface area contributed by atoms with Crippen molar-refractivity contribution in [2.75, 3.05) is 14.2 Å². The van der Waals surface area contributed by atoms with Crippen molar-refractivity contribution in [3.63, 3.8) is 0 Å². The second-order valence-corrected chi connectivity index (χ2v) is 9.09. The number of hydrogen-bond donors (Lipinski definition) is 1. The van der Waals surface area contributed by atoms with Gasteiger partial charge in [-0.15, -0.1) is 0 Å². The molecular formula is C26H20ClFN2O5S. The van der Waals surface area contributed by atoms with Gasteiger partial charge in [-0.2, -0.15) is 0 Å². The molecule has 4 rings (SSSR count). The van der Waals surface area contributed by atoms with E-state index in [4.69, 9.17) is 26.2 Å². The predicted molar refractivity (Wildman–Crippen MR) is 138 cm³/mol. The summed E-state index contributed by atoms with van der Waals surface area (Å²) in [6.07, 6.45) is 1.68. The van der Waals surface area contributed by atoms with E-state index in [-0.39, 0.29) is 23.9 Å². The van der Waals surface area contributed by atoms with Crippen molar-refractivity contribution >= 4 is 52.2 Å². The fraction of sp³-hybridized carbons (Fsp3) is 0.115. The van der Waals surface area contributed by atoms with Crippen molar-refractivity contribution in [1.29, 1.82) is 0 Å². The van der Waals surface area contributed by atoms with Gasteiger partial charge in [-0.3, -0.25) is 9.69 Å². The highest BCUT2D eigenvalue weighted by Gasteiger charge is 2.30. The number of aromatic carboxylic acids is 1. The smallest absolute Gasteiger partial charge is 0.335 e. The maximum absolute atomic E-state index is 13.1. The second-order valence-electron chi connectivity index (χ2n) is 7.67. The summed E-state index contributed by atoms with van der Waals surface area (Å²) in [4.78, 5) is 30.1. The van der Waals surface area contributed by atoms with E-state index < -0.39 is 5.97 Å². The first kappa shape index (κ1) is 25.3. The summed E-state index contributed by atoms with van der Waals surface area (Å²) < 4.78 is 24.4. The van der Waals surface area contributed by atoms with Gasteiger partial charge in [0.2, 0.25) is 0 Å². The van der Waals surface area contributed by atoms with E-state index in [9.17, 15) is 14.0 Å². The molecule has 184 valence electrons. The van der Waals surface area contributed by atoms with E-state index in [0.29, 0.717) is 37.8 Å². The van der Waals surface area contributed by atoms with Gasteiger partial charge in [0.15, 0.2) is 16.7 Å². The van der Waals surface area contributed by atoms with Crippen LogP contribution in [0, 0.1) is 5.82 Å². The van der Waals surface area contributed by atoms with Crippen LogP contribution in [0.4, 0.5) is 10.1 Å². The minimum atomic E-state index is -1.03. The molecule has 1 amide bonds. The first-order valence-electron chi connectivity index (χ1n) is 10.6. The lowest BCUT2D eigenvalue weighted by molar-refractivity contribution is -0.121. The number of nitrogens with zero attached hydrogens (tertiary/aromatic N) is 2. The van der Waals surface area contributed by atoms with Crippen molar-refractivity contribution in [3.05, 3.63) is 93.1 Å². The van der Waals surface area contributed by atoms with Crippen LogP contribution in [0.15, 0.2) is 70.6 Å². The molecule has 0 aromatic heterocycles. The van der Waals surface area contributed by atoms with Crippen LogP contribution in [0.25, 0.3) is 6.08 Å². The van der Waals surface area contributed by atoms with Gasteiger partial charge in [-0.05, 0) is 77.5 Å². The first-order chi connectivity index (χ1) is 17.2. The van der Waals surface area contributed by atoms with Gasteiger partial charge < -0.3 is 14.6 Å².